The van der Waals surface area contributed by atoms with Gasteiger partial charge in [-0.15, -0.1) is 0 Å². The fourth-order valence-corrected chi connectivity index (χ4v) is 4.48. The Hall–Kier alpha value is -3.20. The first-order chi connectivity index (χ1) is 13.9. The molecule has 3 nitrogen and oxygen atoms in total. The summed E-state index contributed by atoms with van der Waals surface area (Å²) in [6, 6.07) is 22.8. The van der Waals surface area contributed by atoms with Gasteiger partial charge in [-0.05, 0) is 49.7 Å². The van der Waals surface area contributed by atoms with Crippen LogP contribution in [0.25, 0.3) is 10.8 Å². The first-order valence-corrected chi connectivity index (χ1v) is 10.2. The van der Waals surface area contributed by atoms with E-state index in [0.717, 1.165) is 12.2 Å². The summed E-state index contributed by atoms with van der Waals surface area (Å²) in [7, 11) is 0. The van der Waals surface area contributed by atoms with Gasteiger partial charge in [0.1, 0.15) is 6.54 Å². The Morgan fingerprint density at radius 1 is 1.00 bits per heavy atom. The Balaban J connectivity index is 1.83. The van der Waals surface area contributed by atoms with Crippen molar-refractivity contribution in [3.8, 4) is 0 Å². The normalized spacial score (nSPS) is 15.2. The number of rotatable bonds is 4. The Bertz CT molecular complexity index is 1140. The number of carbonyl (C=O) groups is 1. The van der Waals surface area contributed by atoms with Crippen molar-refractivity contribution in [2.75, 3.05) is 11.4 Å². The van der Waals surface area contributed by atoms with Crippen LogP contribution in [0.5, 0.6) is 0 Å². The molecule has 3 aromatic carbocycles. The van der Waals surface area contributed by atoms with E-state index in [1.54, 1.807) is 11.8 Å². The predicted octanol–water partition coefficient (Wildman–Crippen LogP) is 5.80. The molecular weight excluding hydrogens is 356 g/mol. The number of amides is 1. The minimum absolute atomic E-state index is 0.00475. The van der Waals surface area contributed by atoms with Crippen molar-refractivity contribution >= 4 is 33.8 Å². The minimum atomic E-state index is -0.165. The van der Waals surface area contributed by atoms with Crippen LogP contribution in [0, 0.1) is 0 Å². The maximum absolute atomic E-state index is 12.3. The standard InChI is InChI=1S/C26H27N2O/c1-5-27-23-16-15-20-11-9-10-14-22(20)25(23)26(3,4)24(27)17-18-28(19(2)29)21-12-7-6-8-13-21/h6-18H,5H2,1-4H3/q+1. The zero-order chi connectivity index (χ0) is 20.6. The van der Waals surface area contributed by atoms with E-state index in [-0.39, 0.29) is 11.3 Å². The number of hydrogen-bond donors (Lipinski definition) is 0. The predicted molar refractivity (Wildman–Crippen MR) is 121 cm³/mol. The van der Waals surface area contributed by atoms with Crippen LogP contribution in [0.15, 0.2) is 79.0 Å². The summed E-state index contributed by atoms with van der Waals surface area (Å²) in [5.41, 5.74) is 4.52. The smallest absolute Gasteiger partial charge is 0.227 e. The van der Waals surface area contributed by atoms with Gasteiger partial charge in [0.2, 0.25) is 11.6 Å². The quantitative estimate of drug-likeness (QED) is 0.522. The molecule has 0 radical (unpaired) electrons. The molecule has 0 aromatic heterocycles. The van der Waals surface area contributed by atoms with E-state index < -0.39 is 0 Å². The van der Waals surface area contributed by atoms with E-state index in [1.807, 2.05) is 36.5 Å². The first kappa shape index (κ1) is 19.1. The molecule has 1 aliphatic heterocycles. The second-order valence-corrected chi connectivity index (χ2v) is 7.98. The van der Waals surface area contributed by atoms with Crippen LogP contribution in [0.4, 0.5) is 11.4 Å². The van der Waals surface area contributed by atoms with E-state index in [9.17, 15) is 4.79 Å². The molecule has 146 valence electrons. The molecule has 0 N–H and O–H groups in total. The molecule has 1 aliphatic rings. The van der Waals surface area contributed by atoms with E-state index in [0.29, 0.717) is 0 Å². The molecule has 0 spiro atoms. The Morgan fingerprint density at radius 2 is 1.69 bits per heavy atom. The minimum Gasteiger partial charge on any atom is -0.288 e. The highest BCUT2D eigenvalue weighted by Gasteiger charge is 2.45. The van der Waals surface area contributed by atoms with Gasteiger partial charge in [-0.25, -0.2) is 0 Å². The van der Waals surface area contributed by atoms with Gasteiger partial charge in [0.15, 0.2) is 5.71 Å². The van der Waals surface area contributed by atoms with Gasteiger partial charge in [0, 0.05) is 36.5 Å². The number of benzene rings is 3. The third kappa shape index (κ3) is 3.17. The fourth-order valence-electron chi connectivity index (χ4n) is 4.48. The summed E-state index contributed by atoms with van der Waals surface area (Å²) < 4.78 is 2.36. The summed E-state index contributed by atoms with van der Waals surface area (Å²) in [5.74, 6) is -0.00475. The van der Waals surface area contributed by atoms with Crippen molar-refractivity contribution in [3.63, 3.8) is 0 Å². The average Bonchev–Trinajstić information content (AvgIpc) is 2.95. The molecule has 0 aliphatic carbocycles. The zero-order valence-electron chi connectivity index (χ0n) is 17.5. The van der Waals surface area contributed by atoms with E-state index in [4.69, 9.17) is 0 Å². The van der Waals surface area contributed by atoms with Gasteiger partial charge in [0.25, 0.3) is 0 Å². The van der Waals surface area contributed by atoms with E-state index in [2.05, 4.69) is 67.8 Å². The Morgan fingerprint density at radius 3 is 2.38 bits per heavy atom. The van der Waals surface area contributed by atoms with Gasteiger partial charge in [-0.1, -0.05) is 42.5 Å². The number of allylic oxidation sites excluding steroid dienone is 1. The first-order valence-electron chi connectivity index (χ1n) is 10.2. The maximum Gasteiger partial charge on any atom is 0.227 e. The number of nitrogens with zero attached hydrogens (tertiary/aromatic N) is 2. The third-order valence-electron chi connectivity index (χ3n) is 5.83. The molecule has 3 aromatic rings. The zero-order valence-corrected chi connectivity index (χ0v) is 17.5. The lowest BCUT2D eigenvalue weighted by Crippen LogP contribution is -2.29. The van der Waals surface area contributed by atoms with E-state index >= 15 is 0 Å². The fraction of sp³-hybridized carbons (Fsp3) is 0.231. The lowest BCUT2D eigenvalue weighted by Gasteiger charge is -2.19. The molecule has 1 amide bonds. The Kier molecular flexibility index (Phi) is 4.83. The summed E-state index contributed by atoms with van der Waals surface area (Å²) in [5, 5.41) is 2.55. The number of para-hydroxylation sites is 1. The molecule has 4 rings (SSSR count). The molecule has 0 fully saturated rings. The molecule has 0 bridgehead atoms. The SMILES string of the molecule is CC[N+]1=C(C=CN(C(C)=O)c2ccccc2)C(C)(C)c2c1ccc1ccccc21. The Labute approximate surface area is 172 Å². The van der Waals surface area contributed by atoms with Crippen molar-refractivity contribution < 1.29 is 9.37 Å². The summed E-state index contributed by atoms with van der Waals surface area (Å²) >= 11 is 0. The monoisotopic (exact) mass is 383 g/mol. The lowest BCUT2D eigenvalue weighted by molar-refractivity contribution is -0.433. The van der Waals surface area contributed by atoms with Crippen molar-refractivity contribution in [1.82, 2.24) is 0 Å². The van der Waals surface area contributed by atoms with Crippen LogP contribution in [-0.2, 0) is 10.2 Å². The summed E-state index contributed by atoms with van der Waals surface area (Å²) in [4.78, 5) is 14.0. The number of fused-ring (bicyclic) bond motifs is 3. The summed E-state index contributed by atoms with van der Waals surface area (Å²) in [6.07, 6.45) is 4.01. The van der Waals surface area contributed by atoms with Crippen molar-refractivity contribution in [1.29, 1.82) is 0 Å². The molecule has 0 saturated heterocycles. The number of hydrogen-bond acceptors (Lipinski definition) is 1. The molecule has 0 unspecified atom stereocenters. The van der Waals surface area contributed by atoms with Crippen LogP contribution in [-0.4, -0.2) is 22.7 Å². The molecule has 1 heterocycles. The third-order valence-corrected chi connectivity index (χ3v) is 5.83. The average molecular weight is 384 g/mol. The second-order valence-electron chi connectivity index (χ2n) is 7.98. The number of carbonyl (C=O) groups excluding carboxylic acids is 1. The summed E-state index contributed by atoms with van der Waals surface area (Å²) in [6.45, 7) is 9.19. The topological polar surface area (TPSA) is 23.3 Å². The van der Waals surface area contributed by atoms with Crippen molar-refractivity contribution in [2.45, 2.75) is 33.1 Å². The van der Waals surface area contributed by atoms with Gasteiger partial charge in [-0.3, -0.25) is 9.69 Å². The highest BCUT2D eigenvalue weighted by molar-refractivity contribution is 6.08. The molecule has 0 atom stereocenters. The van der Waals surface area contributed by atoms with Crippen LogP contribution in [0.1, 0.15) is 33.3 Å². The molecule has 3 heteroatoms. The molecular formula is C26H27N2O+. The molecule has 29 heavy (non-hydrogen) atoms. The van der Waals surface area contributed by atoms with Crippen LogP contribution in [0.3, 0.4) is 0 Å². The number of anilines is 1. The second kappa shape index (κ2) is 7.32. The van der Waals surface area contributed by atoms with Crippen LogP contribution < -0.4 is 4.90 Å². The van der Waals surface area contributed by atoms with Crippen molar-refractivity contribution in [2.24, 2.45) is 0 Å². The van der Waals surface area contributed by atoms with Crippen molar-refractivity contribution in [3.05, 3.63) is 84.6 Å². The van der Waals surface area contributed by atoms with Crippen LogP contribution in [0.2, 0.25) is 0 Å². The highest BCUT2D eigenvalue weighted by atomic mass is 16.2. The van der Waals surface area contributed by atoms with Gasteiger partial charge < -0.3 is 0 Å². The highest BCUT2D eigenvalue weighted by Crippen LogP contribution is 2.44. The van der Waals surface area contributed by atoms with Gasteiger partial charge in [0.05, 0.1) is 5.41 Å². The van der Waals surface area contributed by atoms with Gasteiger partial charge >= 0.3 is 0 Å². The van der Waals surface area contributed by atoms with E-state index in [1.165, 1.54) is 27.7 Å². The largest absolute Gasteiger partial charge is 0.288 e. The lowest BCUT2D eigenvalue weighted by atomic mass is 9.79. The maximum atomic E-state index is 12.3. The molecule has 0 saturated carbocycles. The van der Waals surface area contributed by atoms with Crippen LogP contribution >= 0.6 is 0 Å². The van der Waals surface area contributed by atoms with Gasteiger partial charge in [-0.2, -0.15) is 4.58 Å².